The molecule has 6 nitrogen and oxygen atoms in total. The van der Waals surface area contributed by atoms with Crippen molar-refractivity contribution in [3.8, 4) is 0 Å². The maximum absolute atomic E-state index is 12.8. The Kier molecular flexibility index (Phi) is 3.01. The average molecular weight is 284 g/mol. The molecule has 1 atom stereocenters. The highest BCUT2D eigenvalue weighted by atomic mass is 16.2. The summed E-state index contributed by atoms with van der Waals surface area (Å²) in [7, 11) is 0. The van der Waals surface area contributed by atoms with E-state index in [0.29, 0.717) is 41.0 Å². The molecule has 21 heavy (non-hydrogen) atoms. The second kappa shape index (κ2) is 4.73. The van der Waals surface area contributed by atoms with E-state index < -0.39 is 0 Å². The zero-order chi connectivity index (χ0) is 15.1. The molecule has 0 radical (unpaired) electrons. The van der Waals surface area contributed by atoms with Crippen molar-refractivity contribution >= 4 is 22.5 Å². The summed E-state index contributed by atoms with van der Waals surface area (Å²) >= 11 is 0. The number of benzene rings is 1. The summed E-state index contributed by atoms with van der Waals surface area (Å²) in [6.07, 6.45) is 0.892. The van der Waals surface area contributed by atoms with Crippen LogP contribution in [0.15, 0.2) is 35.3 Å². The van der Waals surface area contributed by atoms with E-state index in [4.69, 9.17) is 5.73 Å². The van der Waals surface area contributed by atoms with Crippen molar-refractivity contribution in [2.75, 3.05) is 5.73 Å². The van der Waals surface area contributed by atoms with Gasteiger partial charge in [-0.05, 0) is 25.5 Å². The molecule has 0 spiro atoms. The van der Waals surface area contributed by atoms with E-state index >= 15 is 0 Å². The fourth-order valence-electron chi connectivity index (χ4n) is 2.80. The maximum atomic E-state index is 12.8. The van der Waals surface area contributed by atoms with Crippen molar-refractivity contribution in [2.45, 2.75) is 25.8 Å². The molecule has 3 rings (SSSR count). The van der Waals surface area contributed by atoms with Crippen molar-refractivity contribution in [1.82, 2.24) is 14.9 Å². The first-order chi connectivity index (χ1) is 9.99. The first kappa shape index (κ1) is 13.4. The fraction of sp³-hybridized carbons (Fsp3) is 0.267. The number of carbonyl (C=O) groups is 1. The highest BCUT2D eigenvalue weighted by Gasteiger charge is 2.26. The van der Waals surface area contributed by atoms with Crippen molar-refractivity contribution < 1.29 is 4.79 Å². The van der Waals surface area contributed by atoms with Gasteiger partial charge in [0.05, 0.1) is 16.9 Å². The normalized spacial score (nSPS) is 18.8. The number of fused-ring (bicyclic) bond motifs is 1. The third kappa shape index (κ3) is 2.08. The highest BCUT2D eigenvalue weighted by Crippen LogP contribution is 2.25. The topological polar surface area (TPSA) is 90.0 Å². The lowest BCUT2D eigenvalue weighted by atomic mass is 10.0. The highest BCUT2D eigenvalue weighted by molar-refractivity contribution is 5.89. The lowest BCUT2D eigenvalue weighted by molar-refractivity contribution is -0.121. The van der Waals surface area contributed by atoms with Gasteiger partial charge < -0.3 is 11.1 Å². The number of allylic oxidation sites excluding steroid dienone is 1. The molecule has 3 N–H and O–H groups in total. The molecule has 0 saturated carbocycles. The van der Waals surface area contributed by atoms with Gasteiger partial charge in [-0.1, -0.05) is 12.6 Å². The monoisotopic (exact) mass is 284 g/mol. The summed E-state index contributed by atoms with van der Waals surface area (Å²) in [6, 6.07) is 4.93. The third-order valence-corrected chi connectivity index (χ3v) is 3.80. The minimum atomic E-state index is -0.285. The molecule has 1 aromatic carbocycles. The van der Waals surface area contributed by atoms with Gasteiger partial charge in [0.25, 0.3) is 5.56 Å². The number of aromatic nitrogens is 2. The number of hydrogen-bond donors (Lipinski definition) is 2. The van der Waals surface area contributed by atoms with Crippen molar-refractivity contribution in [3.05, 3.63) is 46.7 Å². The minimum absolute atomic E-state index is 0.0739. The summed E-state index contributed by atoms with van der Waals surface area (Å²) in [6.45, 7) is 5.63. The predicted molar refractivity (Wildman–Crippen MR) is 80.7 cm³/mol. The first-order valence-electron chi connectivity index (χ1n) is 6.75. The lowest BCUT2D eigenvalue weighted by Gasteiger charge is -2.28. The van der Waals surface area contributed by atoms with E-state index in [2.05, 4.69) is 16.9 Å². The van der Waals surface area contributed by atoms with Gasteiger partial charge in [-0.3, -0.25) is 14.2 Å². The number of nitrogens with zero attached hydrogens (tertiary/aromatic N) is 2. The second-order valence-electron chi connectivity index (χ2n) is 5.20. The molecule has 2 heterocycles. The Labute approximate surface area is 121 Å². The number of nitrogens with two attached hydrogens (primary N) is 1. The molecular formula is C15H16N4O2. The molecule has 1 unspecified atom stereocenters. The van der Waals surface area contributed by atoms with Gasteiger partial charge in [0.2, 0.25) is 5.91 Å². The Morgan fingerprint density at radius 3 is 2.90 bits per heavy atom. The number of amides is 1. The summed E-state index contributed by atoms with van der Waals surface area (Å²) in [5, 5.41) is 3.10. The summed E-state index contributed by atoms with van der Waals surface area (Å²) in [4.78, 5) is 28.6. The lowest BCUT2D eigenvalue weighted by Crippen LogP contribution is -2.38. The first-order valence-corrected chi connectivity index (χ1v) is 6.75. The Bertz CT molecular complexity index is 822. The van der Waals surface area contributed by atoms with E-state index in [0.717, 1.165) is 0 Å². The van der Waals surface area contributed by atoms with Gasteiger partial charge in [-0.15, -0.1) is 0 Å². The van der Waals surface area contributed by atoms with Gasteiger partial charge in [-0.2, -0.15) is 0 Å². The van der Waals surface area contributed by atoms with Gasteiger partial charge in [0.15, 0.2) is 0 Å². The molecule has 0 aliphatic carbocycles. The number of piperidine rings is 1. The number of rotatable bonds is 1. The molecule has 108 valence electrons. The van der Waals surface area contributed by atoms with Gasteiger partial charge >= 0.3 is 0 Å². The molecule has 0 bridgehead atoms. The molecule has 1 fully saturated rings. The van der Waals surface area contributed by atoms with Crippen molar-refractivity contribution in [2.24, 2.45) is 0 Å². The summed E-state index contributed by atoms with van der Waals surface area (Å²) < 4.78 is 1.57. The molecule has 1 aromatic heterocycles. The predicted octanol–water partition coefficient (Wildman–Crippen LogP) is 1.25. The molecule has 2 aromatic rings. The van der Waals surface area contributed by atoms with Crippen molar-refractivity contribution in [1.29, 1.82) is 0 Å². The van der Waals surface area contributed by atoms with E-state index in [1.165, 1.54) is 0 Å². The van der Waals surface area contributed by atoms with E-state index in [9.17, 15) is 9.59 Å². The number of nitrogen functional groups attached to an aromatic ring is 1. The molecule has 1 aliphatic heterocycles. The number of nitrogens with one attached hydrogen (secondary N) is 1. The van der Waals surface area contributed by atoms with Gasteiger partial charge in [-0.25, -0.2) is 4.98 Å². The van der Waals surface area contributed by atoms with Crippen LogP contribution in [0.3, 0.4) is 0 Å². The smallest absolute Gasteiger partial charge is 0.264 e. The Morgan fingerprint density at radius 2 is 2.19 bits per heavy atom. The molecule has 1 aliphatic rings. The molecular weight excluding hydrogens is 268 g/mol. The second-order valence-corrected chi connectivity index (χ2v) is 5.20. The summed E-state index contributed by atoms with van der Waals surface area (Å²) in [5.74, 6) is 0.510. The van der Waals surface area contributed by atoms with Crippen LogP contribution in [0.4, 0.5) is 5.69 Å². The van der Waals surface area contributed by atoms with E-state index in [-0.39, 0.29) is 17.5 Å². The van der Waals surface area contributed by atoms with Crippen molar-refractivity contribution in [3.63, 3.8) is 0 Å². The Morgan fingerprint density at radius 1 is 1.43 bits per heavy atom. The Hall–Kier alpha value is -2.63. The number of carbonyl (C=O) groups excluding carboxylic acids is 1. The standard InChI is InChI=1S/C15H16N4O2/c1-8-12(6-7-13(20)17-8)19-9(2)18-11-5-3-4-10(16)14(11)15(19)21/h3-5,12H,1,6-7,16H2,2H3,(H,17,20). The Balaban J connectivity index is 2.24. The van der Waals surface area contributed by atoms with Crippen LogP contribution >= 0.6 is 0 Å². The molecule has 1 amide bonds. The van der Waals surface area contributed by atoms with E-state index in [1.807, 2.05) is 0 Å². The third-order valence-electron chi connectivity index (χ3n) is 3.80. The van der Waals surface area contributed by atoms with Crippen LogP contribution in [0.25, 0.3) is 10.9 Å². The molecule has 6 heteroatoms. The average Bonchev–Trinajstić information content (AvgIpc) is 2.40. The number of hydrogen-bond acceptors (Lipinski definition) is 4. The van der Waals surface area contributed by atoms with Crippen LogP contribution in [0, 0.1) is 6.92 Å². The van der Waals surface area contributed by atoms with Gasteiger partial charge in [0.1, 0.15) is 5.82 Å². The SMILES string of the molecule is C=C1NC(=O)CCC1n1c(C)nc2cccc(N)c2c1=O. The molecule has 1 saturated heterocycles. The van der Waals surface area contributed by atoms with Crippen LogP contribution in [0.2, 0.25) is 0 Å². The zero-order valence-electron chi connectivity index (χ0n) is 11.7. The fourth-order valence-corrected chi connectivity index (χ4v) is 2.80. The zero-order valence-corrected chi connectivity index (χ0v) is 11.7. The summed E-state index contributed by atoms with van der Waals surface area (Å²) in [5.41, 5.74) is 7.23. The minimum Gasteiger partial charge on any atom is -0.398 e. The van der Waals surface area contributed by atoms with Crippen LogP contribution in [-0.4, -0.2) is 15.5 Å². The quantitative estimate of drug-likeness (QED) is 0.771. The van der Waals surface area contributed by atoms with Crippen LogP contribution in [-0.2, 0) is 4.79 Å². The number of aryl methyl sites for hydroxylation is 1. The van der Waals surface area contributed by atoms with E-state index in [1.54, 1.807) is 29.7 Å². The maximum Gasteiger partial charge on any atom is 0.264 e. The largest absolute Gasteiger partial charge is 0.398 e. The van der Waals surface area contributed by atoms with Crippen LogP contribution in [0.1, 0.15) is 24.7 Å². The van der Waals surface area contributed by atoms with Gasteiger partial charge in [0, 0.05) is 17.8 Å². The number of anilines is 1. The van der Waals surface area contributed by atoms with Crippen LogP contribution < -0.4 is 16.6 Å². The van der Waals surface area contributed by atoms with Crippen LogP contribution in [0.5, 0.6) is 0 Å².